The van der Waals surface area contributed by atoms with Crippen LogP contribution in [0.25, 0.3) is 0 Å². The van der Waals surface area contributed by atoms with Crippen molar-refractivity contribution < 1.29 is 9.53 Å². The fourth-order valence-electron chi connectivity index (χ4n) is 4.14. The standard InChI is InChI=1S/C20H23N3O2/c21-20(24)15-6-9-19(22-12-15)25-18-10-16-7-8-17(11-18)23(16)13-14-4-2-1-3-5-14/h1-6,9,12,16-18H,7-8,10-11,13H2,(H2,21,24)/t16-,17+,18?. The SMILES string of the molecule is NC(=O)c1ccc(OC2C[C@H]3CC[C@@H](C2)N3Cc2ccccc2)nc1. The van der Waals surface area contributed by atoms with Crippen LogP contribution in [0.3, 0.4) is 0 Å². The number of primary amides is 1. The lowest BCUT2D eigenvalue weighted by atomic mass is 9.99. The van der Waals surface area contributed by atoms with Gasteiger partial charge in [-0.2, -0.15) is 0 Å². The summed E-state index contributed by atoms with van der Waals surface area (Å²) in [4.78, 5) is 18.0. The van der Waals surface area contributed by atoms with E-state index in [4.69, 9.17) is 10.5 Å². The lowest BCUT2D eigenvalue weighted by Crippen LogP contribution is -2.45. The fourth-order valence-corrected chi connectivity index (χ4v) is 4.14. The maximum atomic E-state index is 11.1. The average Bonchev–Trinajstić information content (AvgIpc) is 2.86. The second kappa shape index (κ2) is 6.84. The van der Waals surface area contributed by atoms with E-state index in [0.717, 1.165) is 19.4 Å². The molecule has 2 aliphatic heterocycles. The van der Waals surface area contributed by atoms with Crippen molar-refractivity contribution in [2.24, 2.45) is 5.73 Å². The van der Waals surface area contributed by atoms with Crippen molar-refractivity contribution in [2.45, 2.75) is 50.4 Å². The molecule has 2 aliphatic rings. The highest BCUT2D eigenvalue weighted by atomic mass is 16.5. The molecule has 2 saturated heterocycles. The zero-order valence-corrected chi connectivity index (χ0v) is 14.2. The zero-order valence-electron chi connectivity index (χ0n) is 14.2. The van der Waals surface area contributed by atoms with Crippen LogP contribution in [0.4, 0.5) is 0 Å². The van der Waals surface area contributed by atoms with Crippen LogP contribution in [0, 0.1) is 0 Å². The molecule has 2 fully saturated rings. The van der Waals surface area contributed by atoms with E-state index in [9.17, 15) is 4.79 Å². The van der Waals surface area contributed by atoms with E-state index in [1.807, 2.05) is 0 Å². The topological polar surface area (TPSA) is 68.5 Å². The fraction of sp³-hybridized carbons (Fsp3) is 0.400. The maximum absolute atomic E-state index is 11.1. The van der Waals surface area contributed by atoms with Gasteiger partial charge >= 0.3 is 0 Å². The molecule has 0 radical (unpaired) electrons. The summed E-state index contributed by atoms with van der Waals surface area (Å²) >= 11 is 0. The van der Waals surface area contributed by atoms with Crippen LogP contribution in [0.5, 0.6) is 5.88 Å². The number of aromatic nitrogens is 1. The maximum Gasteiger partial charge on any atom is 0.250 e. The molecule has 2 N–H and O–H groups in total. The normalized spacial score (nSPS) is 25.7. The van der Waals surface area contributed by atoms with Crippen molar-refractivity contribution in [3.05, 3.63) is 59.8 Å². The molecular weight excluding hydrogens is 314 g/mol. The van der Waals surface area contributed by atoms with Gasteiger partial charge in [0.05, 0.1) is 5.56 Å². The molecule has 2 bridgehead atoms. The molecule has 1 aromatic carbocycles. The van der Waals surface area contributed by atoms with E-state index in [0.29, 0.717) is 23.5 Å². The van der Waals surface area contributed by atoms with E-state index in [1.54, 1.807) is 12.1 Å². The van der Waals surface area contributed by atoms with E-state index < -0.39 is 5.91 Å². The number of piperidine rings is 1. The minimum absolute atomic E-state index is 0.191. The molecule has 0 saturated carbocycles. The van der Waals surface area contributed by atoms with Gasteiger partial charge in [0.1, 0.15) is 6.10 Å². The number of hydrogen-bond acceptors (Lipinski definition) is 4. The molecule has 5 heteroatoms. The molecule has 4 rings (SSSR count). The Hall–Kier alpha value is -2.40. The highest BCUT2D eigenvalue weighted by molar-refractivity contribution is 5.92. The molecule has 1 aromatic heterocycles. The Morgan fingerprint density at radius 1 is 1.12 bits per heavy atom. The van der Waals surface area contributed by atoms with Crippen LogP contribution in [0.15, 0.2) is 48.7 Å². The van der Waals surface area contributed by atoms with Crippen molar-refractivity contribution in [2.75, 3.05) is 0 Å². The van der Waals surface area contributed by atoms with Crippen molar-refractivity contribution in [3.8, 4) is 5.88 Å². The minimum Gasteiger partial charge on any atom is -0.474 e. The van der Waals surface area contributed by atoms with E-state index in [2.05, 4.69) is 40.2 Å². The molecule has 2 aromatic rings. The van der Waals surface area contributed by atoms with Crippen LogP contribution in [-0.2, 0) is 6.54 Å². The number of carbonyl (C=O) groups is 1. The van der Waals surface area contributed by atoms with Crippen molar-refractivity contribution >= 4 is 5.91 Å². The first-order valence-electron chi connectivity index (χ1n) is 8.91. The number of pyridine rings is 1. The number of benzene rings is 1. The van der Waals surface area contributed by atoms with Gasteiger partial charge in [-0.25, -0.2) is 4.98 Å². The summed E-state index contributed by atoms with van der Waals surface area (Å²) in [5, 5.41) is 0. The number of hydrogen-bond donors (Lipinski definition) is 1. The van der Waals surface area contributed by atoms with E-state index >= 15 is 0 Å². The van der Waals surface area contributed by atoms with Crippen LogP contribution in [0.2, 0.25) is 0 Å². The van der Waals surface area contributed by atoms with Crippen molar-refractivity contribution in [1.29, 1.82) is 0 Å². The predicted octanol–water partition coefficient (Wildman–Crippen LogP) is 2.75. The Morgan fingerprint density at radius 3 is 2.44 bits per heavy atom. The van der Waals surface area contributed by atoms with Gasteiger partial charge in [0, 0.05) is 30.9 Å². The van der Waals surface area contributed by atoms with E-state index in [1.165, 1.54) is 24.6 Å². The molecule has 1 unspecified atom stereocenters. The molecule has 0 spiro atoms. The van der Waals surface area contributed by atoms with Gasteiger partial charge in [0.15, 0.2) is 0 Å². The van der Waals surface area contributed by atoms with Crippen LogP contribution < -0.4 is 10.5 Å². The first-order valence-corrected chi connectivity index (χ1v) is 8.91. The minimum atomic E-state index is -0.466. The van der Waals surface area contributed by atoms with Gasteiger partial charge in [-0.15, -0.1) is 0 Å². The number of carbonyl (C=O) groups excluding carboxylic acids is 1. The predicted molar refractivity (Wildman–Crippen MR) is 95.2 cm³/mol. The third-order valence-electron chi connectivity index (χ3n) is 5.36. The lowest BCUT2D eigenvalue weighted by Gasteiger charge is -2.38. The smallest absolute Gasteiger partial charge is 0.250 e. The van der Waals surface area contributed by atoms with Crippen LogP contribution in [0.1, 0.15) is 41.6 Å². The summed E-state index contributed by atoms with van der Waals surface area (Å²) in [7, 11) is 0. The molecule has 0 aliphatic carbocycles. The summed E-state index contributed by atoms with van der Waals surface area (Å²) in [5.41, 5.74) is 7.03. The molecule has 1 amide bonds. The largest absolute Gasteiger partial charge is 0.474 e. The van der Waals surface area contributed by atoms with Crippen molar-refractivity contribution in [1.82, 2.24) is 9.88 Å². The zero-order chi connectivity index (χ0) is 17.2. The average molecular weight is 337 g/mol. The van der Waals surface area contributed by atoms with Gasteiger partial charge in [-0.1, -0.05) is 30.3 Å². The number of ether oxygens (including phenoxy) is 1. The van der Waals surface area contributed by atoms with Gasteiger partial charge in [-0.3, -0.25) is 9.69 Å². The first kappa shape index (κ1) is 16.1. The van der Waals surface area contributed by atoms with Gasteiger partial charge in [0.2, 0.25) is 11.8 Å². The molecular formula is C20H23N3O2. The number of amides is 1. The Kier molecular flexibility index (Phi) is 4.40. The number of fused-ring (bicyclic) bond motifs is 2. The lowest BCUT2D eigenvalue weighted by molar-refractivity contribution is 0.0422. The second-order valence-corrected chi connectivity index (χ2v) is 7.00. The summed E-state index contributed by atoms with van der Waals surface area (Å²) < 4.78 is 6.08. The summed E-state index contributed by atoms with van der Waals surface area (Å²) in [5.74, 6) is 0.109. The van der Waals surface area contributed by atoms with Crippen LogP contribution >= 0.6 is 0 Å². The number of nitrogens with two attached hydrogens (primary N) is 1. The highest BCUT2D eigenvalue weighted by Crippen LogP contribution is 2.38. The molecule has 130 valence electrons. The molecule has 3 atom stereocenters. The number of nitrogens with zero attached hydrogens (tertiary/aromatic N) is 2. The van der Waals surface area contributed by atoms with Gasteiger partial charge < -0.3 is 10.5 Å². The number of rotatable bonds is 5. The second-order valence-electron chi connectivity index (χ2n) is 7.00. The molecule has 3 heterocycles. The quantitative estimate of drug-likeness (QED) is 0.911. The van der Waals surface area contributed by atoms with Gasteiger partial charge in [-0.05, 0) is 37.3 Å². The molecule has 25 heavy (non-hydrogen) atoms. The summed E-state index contributed by atoms with van der Waals surface area (Å²) in [6.45, 7) is 1.02. The Labute approximate surface area is 147 Å². The third-order valence-corrected chi connectivity index (χ3v) is 5.36. The third kappa shape index (κ3) is 3.51. The Morgan fingerprint density at radius 2 is 1.84 bits per heavy atom. The highest BCUT2D eigenvalue weighted by Gasteiger charge is 2.41. The first-order chi connectivity index (χ1) is 12.2. The van der Waals surface area contributed by atoms with E-state index in [-0.39, 0.29) is 6.10 Å². The summed E-state index contributed by atoms with van der Waals surface area (Å²) in [6, 6.07) is 15.2. The molecule has 5 nitrogen and oxygen atoms in total. The Balaban J connectivity index is 1.38. The van der Waals surface area contributed by atoms with Crippen LogP contribution in [-0.4, -0.2) is 34.0 Å². The van der Waals surface area contributed by atoms with Gasteiger partial charge in [0.25, 0.3) is 0 Å². The summed E-state index contributed by atoms with van der Waals surface area (Å²) in [6.07, 6.45) is 6.22. The Bertz CT molecular complexity index is 718. The van der Waals surface area contributed by atoms with Crippen molar-refractivity contribution in [3.63, 3.8) is 0 Å². The monoisotopic (exact) mass is 337 g/mol.